The highest BCUT2D eigenvalue weighted by Gasteiger charge is 2.32. The van der Waals surface area contributed by atoms with Crippen LogP contribution in [-0.2, 0) is 23.5 Å². The normalized spacial score (nSPS) is 11.8. The van der Waals surface area contributed by atoms with E-state index in [1.165, 1.54) is 77.0 Å². The second-order valence-electron chi connectivity index (χ2n) is 14.2. The van der Waals surface area contributed by atoms with Crippen LogP contribution in [0.15, 0.2) is 48.6 Å². The molecular formula is C44H80B2O5. The molecule has 0 rings (SSSR count). The molecule has 0 saturated carbocycles. The number of carbonyl (C=O) groups excluding carboxylic acids is 2. The Morgan fingerprint density at radius 2 is 0.706 bits per heavy atom. The average Bonchev–Trinajstić information content (AvgIpc) is 3.12. The third-order valence-electron chi connectivity index (χ3n) is 9.08. The molecule has 7 heteroatoms. The van der Waals surface area contributed by atoms with Crippen LogP contribution in [0.1, 0.15) is 207 Å². The molecule has 0 aliphatic rings. The van der Waals surface area contributed by atoms with Crippen molar-refractivity contribution in [3.05, 3.63) is 48.6 Å². The molecule has 0 atom stereocenters. The maximum Gasteiger partial charge on any atom is 0.514 e. The molecule has 0 aliphatic carbocycles. The molecule has 0 amide bonds. The topological polar surface area (TPSA) is 61.8 Å². The van der Waals surface area contributed by atoms with Gasteiger partial charge in [0, 0.05) is 12.8 Å². The van der Waals surface area contributed by atoms with Crippen molar-refractivity contribution in [2.24, 2.45) is 0 Å². The maximum atomic E-state index is 12.7. The van der Waals surface area contributed by atoms with E-state index in [0.29, 0.717) is 25.5 Å². The fourth-order valence-electron chi connectivity index (χ4n) is 5.79. The molecule has 0 fully saturated rings. The Balaban J connectivity index is 4.25. The smallest absolute Gasteiger partial charge is 0.510 e. The molecule has 0 aliphatic heterocycles. The molecule has 51 heavy (non-hydrogen) atoms. The number of rotatable bonds is 38. The zero-order valence-corrected chi connectivity index (χ0v) is 34.0. The fraction of sp³-hybridized carbons (Fsp3) is 0.773. The molecule has 0 aromatic carbocycles. The van der Waals surface area contributed by atoms with E-state index in [1.54, 1.807) is 0 Å². The summed E-state index contributed by atoms with van der Waals surface area (Å²) >= 11 is 0. The number of hydrogen-bond acceptors (Lipinski definition) is 5. The summed E-state index contributed by atoms with van der Waals surface area (Å²) in [6.45, 7) is 8.71. The van der Waals surface area contributed by atoms with Gasteiger partial charge in [0.05, 0.1) is 0 Å². The van der Waals surface area contributed by atoms with E-state index in [9.17, 15) is 9.59 Å². The van der Waals surface area contributed by atoms with Crippen molar-refractivity contribution < 1.29 is 23.5 Å². The summed E-state index contributed by atoms with van der Waals surface area (Å²) < 4.78 is 17.7. The first-order chi connectivity index (χ1) is 25.1. The third-order valence-corrected chi connectivity index (χ3v) is 9.08. The third kappa shape index (κ3) is 37.6. The Morgan fingerprint density at radius 3 is 1.06 bits per heavy atom. The highest BCUT2D eigenvalue weighted by Crippen LogP contribution is 2.16. The van der Waals surface area contributed by atoms with Crippen LogP contribution in [-0.4, -0.2) is 26.2 Å². The van der Waals surface area contributed by atoms with Crippen LogP contribution in [0.5, 0.6) is 0 Å². The molecule has 292 valence electrons. The highest BCUT2D eigenvalue weighted by molar-refractivity contribution is 6.61. The SMILES string of the molecule is CCCCC/C=C\C/C=C\CCCCCCCC(=O)OB(CCCC)OB(CCCC)OC(=O)CCCCCCC/C=C\C/C=C\CCCCC. The average molecular weight is 711 g/mol. The molecule has 0 aromatic rings. The summed E-state index contributed by atoms with van der Waals surface area (Å²) in [4.78, 5) is 25.4. The highest BCUT2D eigenvalue weighted by atomic mass is 16.7. The van der Waals surface area contributed by atoms with Crippen molar-refractivity contribution >= 4 is 26.2 Å². The molecular weight excluding hydrogens is 630 g/mol. The predicted molar refractivity (Wildman–Crippen MR) is 223 cm³/mol. The minimum absolute atomic E-state index is 0.215. The van der Waals surface area contributed by atoms with Gasteiger partial charge in [0.1, 0.15) is 0 Å². The standard InChI is InChI=1S/C44H80B2O5/c1-5-9-13-15-17-19-21-23-25-27-29-31-33-35-37-39-43(47)49-45(41-11-7-3)51-46(42-12-8-4)50-44(48)40-38-36-34-32-30-28-26-24-22-20-18-16-14-10-6-2/h17-20,23-26H,5-16,21-22,27-42H2,1-4H3/b19-17-,20-18-,25-23-,26-24-. The number of allylic oxidation sites excluding steroid dienone is 8. The molecule has 0 aromatic heterocycles. The van der Waals surface area contributed by atoms with Gasteiger partial charge in [-0.25, -0.2) is 0 Å². The Kier molecular flexibility index (Phi) is 39.1. The summed E-state index contributed by atoms with van der Waals surface area (Å²) in [5.41, 5.74) is 0. The molecule has 0 bridgehead atoms. The molecule has 0 N–H and O–H groups in total. The van der Waals surface area contributed by atoms with E-state index >= 15 is 0 Å². The Labute approximate surface area is 317 Å². The molecule has 0 radical (unpaired) electrons. The zero-order chi connectivity index (χ0) is 37.3. The molecule has 0 saturated heterocycles. The molecule has 0 unspecified atom stereocenters. The predicted octanol–water partition coefficient (Wildman–Crippen LogP) is 14.3. The van der Waals surface area contributed by atoms with Gasteiger partial charge in [-0.05, 0) is 89.7 Å². The van der Waals surface area contributed by atoms with E-state index in [4.69, 9.17) is 13.9 Å². The van der Waals surface area contributed by atoms with Gasteiger partial charge in [-0.15, -0.1) is 0 Å². The van der Waals surface area contributed by atoms with E-state index in [-0.39, 0.29) is 11.9 Å². The van der Waals surface area contributed by atoms with Gasteiger partial charge in [-0.1, -0.05) is 166 Å². The minimum Gasteiger partial charge on any atom is -0.510 e. The van der Waals surface area contributed by atoms with Crippen molar-refractivity contribution in [1.29, 1.82) is 0 Å². The molecule has 5 nitrogen and oxygen atoms in total. The van der Waals surface area contributed by atoms with E-state index in [1.807, 2.05) is 0 Å². The zero-order valence-electron chi connectivity index (χ0n) is 34.0. The first-order valence-corrected chi connectivity index (χ1v) is 21.7. The lowest BCUT2D eigenvalue weighted by molar-refractivity contribution is -0.136. The Bertz CT molecular complexity index is 815. The maximum absolute atomic E-state index is 12.7. The summed E-state index contributed by atoms with van der Waals surface area (Å²) in [6.07, 6.45) is 49.4. The summed E-state index contributed by atoms with van der Waals surface area (Å²) in [7, 11) is -1.33. The quantitative estimate of drug-likeness (QED) is 0.0363. The fourth-order valence-corrected chi connectivity index (χ4v) is 5.79. The lowest BCUT2D eigenvalue weighted by Crippen LogP contribution is -2.37. The van der Waals surface area contributed by atoms with Crippen LogP contribution in [0.3, 0.4) is 0 Å². The van der Waals surface area contributed by atoms with Gasteiger partial charge in [0.15, 0.2) is 0 Å². The van der Waals surface area contributed by atoms with Crippen molar-refractivity contribution in [2.75, 3.05) is 0 Å². The van der Waals surface area contributed by atoms with Gasteiger partial charge in [-0.2, -0.15) is 0 Å². The van der Waals surface area contributed by atoms with E-state index in [2.05, 4.69) is 76.3 Å². The van der Waals surface area contributed by atoms with Crippen LogP contribution in [0, 0.1) is 0 Å². The van der Waals surface area contributed by atoms with Gasteiger partial charge in [0.2, 0.25) is 0 Å². The van der Waals surface area contributed by atoms with Gasteiger partial charge in [0.25, 0.3) is 11.9 Å². The van der Waals surface area contributed by atoms with E-state index < -0.39 is 14.2 Å². The Morgan fingerprint density at radius 1 is 0.392 bits per heavy atom. The summed E-state index contributed by atoms with van der Waals surface area (Å²) in [6, 6.07) is 0. The van der Waals surface area contributed by atoms with Crippen molar-refractivity contribution in [3.63, 3.8) is 0 Å². The Hall–Kier alpha value is -2.01. The van der Waals surface area contributed by atoms with Crippen molar-refractivity contribution in [2.45, 2.75) is 220 Å². The second-order valence-corrected chi connectivity index (χ2v) is 14.2. The monoisotopic (exact) mass is 711 g/mol. The van der Waals surface area contributed by atoms with Gasteiger partial charge in [-0.3, -0.25) is 9.59 Å². The lowest BCUT2D eigenvalue weighted by atomic mass is 9.73. The molecule has 0 heterocycles. The van der Waals surface area contributed by atoms with Gasteiger partial charge < -0.3 is 13.9 Å². The van der Waals surface area contributed by atoms with Crippen LogP contribution in [0.2, 0.25) is 12.6 Å². The number of unbranched alkanes of at least 4 members (excludes halogenated alkanes) is 18. The van der Waals surface area contributed by atoms with Crippen LogP contribution in [0.25, 0.3) is 0 Å². The van der Waals surface area contributed by atoms with Gasteiger partial charge >= 0.3 is 14.2 Å². The summed E-state index contributed by atoms with van der Waals surface area (Å²) in [5.74, 6) is -0.431. The first-order valence-electron chi connectivity index (χ1n) is 21.7. The van der Waals surface area contributed by atoms with Crippen molar-refractivity contribution in [3.8, 4) is 0 Å². The largest absolute Gasteiger partial charge is 0.514 e. The minimum atomic E-state index is -0.666. The first kappa shape index (κ1) is 49.0. The van der Waals surface area contributed by atoms with Crippen molar-refractivity contribution in [1.82, 2.24) is 0 Å². The second kappa shape index (κ2) is 40.8. The lowest BCUT2D eigenvalue weighted by Gasteiger charge is -2.20. The summed E-state index contributed by atoms with van der Waals surface area (Å²) in [5, 5.41) is 0. The van der Waals surface area contributed by atoms with Crippen LogP contribution < -0.4 is 0 Å². The molecule has 0 spiro atoms. The number of carbonyl (C=O) groups is 2. The van der Waals surface area contributed by atoms with E-state index in [0.717, 1.165) is 89.9 Å². The number of hydrogen-bond donors (Lipinski definition) is 0. The van der Waals surface area contributed by atoms with Crippen LogP contribution >= 0.6 is 0 Å². The van der Waals surface area contributed by atoms with Crippen LogP contribution in [0.4, 0.5) is 0 Å².